The van der Waals surface area contributed by atoms with Gasteiger partial charge in [-0.05, 0) is 91.6 Å². The molecular weight excluding hydrogens is 516 g/mol. The van der Waals surface area contributed by atoms with Gasteiger partial charge in [-0.2, -0.15) is 5.26 Å². The van der Waals surface area contributed by atoms with Gasteiger partial charge in [-0.1, -0.05) is 60.7 Å². The molecule has 2 aliphatic heterocycles. The summed E-state index contributed by atoms with van der Waals surface area (Å²) in [4.78, 5) is 21.3. The summed E-state index contributed by atoms with van der Waals surface area (Å²) >= 11 is 0. The molecule has 5 nitrogen and oxygen atoms in total. The number of likely N-dealkylation sites (tertiary alicyclic amines) is 1. The highest BCUT2D eigenvalue weighted by Gasteiger charge is 2.21. The molecule has 0 bridgehead atoms. The number of hydrogen-bond acceptors (Lipinski definition) is 4. The second-order valence-corrected chi connectivity index (χ2v) is 12.0. The molecule has 0 aliphatic carbocycles. The van der Waals surface area contributed by atoms with Crippen molar-refractivity contribution in [3.05, 3.63) is 113 Å². The van der Waals surface area contributed by atoms with Gasteiger partial charge < -0.3 is 4.98 Å². The molecule has 1 aromatic heterocycles. The maximum atomic E-state index is 13.0. The first kappa shape index (κ1) is 28.2. The largest absolute Gasteiger partial charge is 0.361 e. The predicted molar refractivity (Wildman–Crippen MR) is 170 cm³/mol. The summed E-state index contributed by atoms with van der Waals surface area (Å²) in [5.41, 5.74) is 7.90. The third-order valence-electron chi connectivity index (χ3n) is 9.20. The van der Waals surface area contributed by atoms with E-state index < -0.39 is 0 Å². The highest BCUT2D eigenvalue weighted by Crippen LogP contribution is 2.27. The molecule has 214 valence electrons. The van der Waals surface area contributed by atoms with Crippen molar-refractivity contribution in [2.75, 3.05) is 32.7 Å². The van der Waals surface area contributed by atoms with Gasteiger partial charge >= 0.3 is 0 Å². The lowest BCUT2D eigenvalue weighted by molar-refractivity contribution is 0.0961. The molecule has 1 N–H and O–H groups in total. The topological polar surface area (TPSA) is 63.1 Å². The minimum Gasteiger partial charge on any atom is -0.361 e. The molecule has 6 rings (SSSR count). The average molecular weight is 557 g/mol. The summed E-state index contributed by atoms with van der Waals surface area (Å²) in [7, 11) is 0. The molecule has 2 aliphatic rings. The van der Waals surface area contributed by atoms with Gasteiger partial charge in [0.1, 0.15) is 0 Å². The van der Waals surface area contributed by atoms with Crippen LogP contribution >= 0.6 is 0 Å². The smallest absolute Gasteiger partial charge is 0.162 e. The molecule has 0 atom stereocenters. The lowest BCUT2D eigenvalue weighted by Gasteiger charge is -2.32. The summed E-state index contributed by atoms with van der Waals surface area (Å²) in [5, 5.41) is 10.4. The molecule has 0 unspecified atom stereocenters. The van der Waals surface area contributed by atoms with Crippen LogP contribution in [0.3, 0.4) is 0 Å². The maximum Gasteiger partial charge on any atom is 0.162 e. The molecule has 0 radical (unpaired) electrons. The Kier molecular flexibility index (Phi) is 8.94. The Morgan fingerprint density at radius 1 is 0.952 bits per heavy atom. The third-order valence-corrected chi connectivity index (χ3v) is 9.20. The zero-order valence-corrected chi connectivity index (χ0v) is 24.4. The molecule has 0 amide bonds. The fourth-order valence-electron chi connectivity index (χ4n) is 6.53. The predicted octanol–water partition coefficient (Wildman–Crippen LogP) is 7.25. The Balaban J connectivity index is 0.942. The summed E-state index contributed by atoms with van der Waals surface area (Å²) in [5.74, 6) is 0.929. The number of aromatic nitrogens is 1. The van der Waals surface area contributed by atoms with Crippen LogP contribution in [-0.4, -0.2) is 53.3 Å². The second-order valence-electron chi connectivity index (χ2n) is 12.0. The van der Waals surface area contributed by atoms with E-state index in [1.165, 1.54) is 35.1 Å². The first-order valence-corrected chi connectivity index (χ1v) is 15.5. The number of Topliss-reactive ketones (excluding diaryl/α,β-unsaturated/α-hetero) is 1. The summed E-state index contributed by atoms with van der Waals surface area (Å²) in [6.45, 7) is 6.24. The van der Waals surface area contributed by atoms with Crippen LogP contribution in [0.15, 0.2) is 85.1 Å². The molecule has 0 spiro atoms. The Morgan fingerprint density at radius 3 is 2.50 bits per heavy atom. The van der Waals surface area contributed by atoms with Crippen molar-refractivity contribution in [1.29, 1.82) is 5.26 Å². The van der Waals surface area contributed by atoms with E-state index in [0.29, 0.717) is 17.9 Å². The lowest BCUT2D eigenvalue weighted by atomic mass is 9.90. The van der Waals surface area contributed by atoms with Gasteiger partial charge in [0.25, 0.3) is 0 Å². The summed E-state index contributed by atoms with van der Waals surface area (Å²) in [6.07, 6.45) is 10.4. The number of carbonyl (C=O) groups is 1. The summed E-state index contributed by atoms with van der Waals surface area (Å²) in [6, 6.07) is 27.1. The second kappa shape index (κ2) is 13.3. The molecule has 5 heteroatoms. The number of ketones is 1. The number of rotatable bonds is 10. The Labute approximate surface area is 249 Å². The van der Waals surface area contributed by atoms with E-state index in [9.17, 15) is 10.1 Å². The molecule has 42 heavy (non-hydrogen) atoms. The fraction of sp³-hybridized carbons (Fsp3) is 0.351. The Hall–Kier alpha value is -3.98. The molecule has 3 heterocycles. The number of nitrogens with one attached hydrogen (secondary N) is 1. The van der Waals surface area contributed by atoms with E-state index in [2.05, 4.69) is 75.6 Å². The van der Waals surface area contributed by atoms with Crippen LogP contribution < -0.4 is 0 Å². The normalized spacial score (nSPS) is 16.8. The Morgan fingerprint density at radius 2 is 1.76 bits per heavy atom. The number of nitrogens with zero attached hydrogens (tertiary/aromatic N) is 3. The Bertz CT molecular complexity index is 1570. The standard InChI is InChI=1S/C37H40N4O/c38-25-30-6-12-36-35(24-30)34(26-39-36)18-23-40-21-16-32(17-22-40)31-8-10-33(11-9-31)37(42)13-7-28-14-19-41(20-15-28)27-29-4-2-1-3-5-29/h1-6,8-12,16,24,26,28,39H,7,13-15,17-23,27H2. The van der Waals surface area contributed by atoms with Gasteiger partial charge in [-0.25, -0.2) is 0 Å². The van der Waals surface area contributed by atoms with Gasteiger partial charge in [-0.15, -0.1) is 0 Å². The van der Waals surface area contributed by atoms with E-state index >= 15 is 0 Å². The lowest BCUT2D eigenvalue weighted by Crippen LogP contribution is -2.33. The SMILES string of the molecule is N#Cc1ccc2[nH]cc(CCN3CC=C(c4ccc(C(=O)CCC5CCN(Cc6ccccc6)CC5)cc4)CC3)c2c1. The number of H-pyrrole nitrogens is 1. The van der Waals surface area contributed by atoms with E-state index in [0.717, 1.165) is 75.0 Å². The van der Waals surface area contributed by atoms with Crippen molar-refractivity contribution in [2.24, 2.45) is 5.92 Å². The highest BCUT2D eigenvalue weighted by atomic mass is 16.1. The van der Waals surface area contributed by atoms with Crippen LogP contribution in [0.25, 0.3) is 16.5 Å². The van der Waals surface area contributed by atoms with Crippen molar-refractivity contribution >= 4 is 22.3 Å². The average Bonchev–Trinajstić information content (AvgIpc) is 3.46. The van der Waals surface area contributed by atoms with Gasteiger partial charge in [0.05, 0.1) is 11.6 Å². The van der Waals surface area contributed by atoms with Crippen molar-refractivity contribution in [3.8, 4) is 6.07 Å². The van der Waals surface area contributed by atoms with Gasteiger partial charge in [-0.3, -0.25) is 14.6 Å². The number of nitriles is 1. The van der Waals surface area contributed by atoms with Gasteiger partial charge in [0.15, 0.2) is 5.78 Å². The molecule has 4 aromatic rings. The fourth-order valence-corrected chi connectivity index (χ4v) is 6.53. The van der Waals surface area contributed by atoms with Crippen LogP contribution in [-0.2, 0) is 13.0 Å². The van der Waals surface area contributed by atoms with Gasteiger partial charge in [0, 0.05) is 55.3 Å². The van der Waals surface area contributed by atoms with Crippen molar-refractivity contribution in [1.82, 2.24) is 14.8 Å². The van der Waals surface area contributed by atoms with Crippen LogP contribution in [0.4, 0.5) is 0 Å². The third kappa shape index (κ3) is 6.90. The molecule has 1 saturated heterocycles. The molecule has 0 saturated carbocycles. The van der Waals surface area contributed by atoms with Crippen molar-refractivity contribution < 1.29 is 4.79 Å². The maximum absolute atomic E-state index is 13.0. The van der Waals surface area contributed by atoms with Crippen LogP contribution in [0.2, 0.25) is 0 Å². The zero-order valence-electron chi connectivity index (χ0n) is 24.4. The minimum absolute atomic E-state index is 0.274. The highest BCUT2D eigenvalue weighted by molar-refractivity contribution is 5.96. The van der Waals surface area contributed by atoms with E-state index in [4.69, 9.17) is 0 Å². The van der Waals surface area contributed by atoms with E-state index in [1.807, 2.05) is 30.3 Å². The number of piperidine rings is 1. The minimum atomic E-state index is 0.274. The van der Waals surface area contributed by atoms with Crippen molar-refractivity contribution in [3.63, 3.8) is 0 Å². The van der Waals surface area contributed by atoms with Crippen LogP contribution in [0.1, 0.15) is 64.7 Å². The zero-order chi connectivity index (χ0) is 28.7. The molecule has 3 aromatic carbocycles. The summed E-state index contributed by atoms with van der Waals surface area (Å²) < 4.78 is 0. The quantitative estimate of drug-likeness (QED) is 0.209. The van der Waals surface area contributed by atoms with Crippen LogP contribution in [0, 0.1) is 17.2 Å². The monoisotopic (exact) mass is 556 g/mol. The number of benzene rings is 3. The number of hydrogen-bond donors (Lipinski definition) is 1. The van der Waals surface area contributed by atoms with Gasteiger partial charge in [0.2, 0.25) is 0 Å². The number of aromatic amines is 1. The number of carbonyl (C=O) groups excluding carboxylic acids is 1. The first-order chi connectivity index (χ1) is 20.6. The first-order valence-electron chi connectivity index (χ1n) is 15.5. The number of fused-ring (bicyclic) bond motifs is 1. The van der Waals surface area contributed by atoms with Crippen LogP contribution in [0.5, 0.6) is 0 Å². The molecular formula is C37H40N4O. The van der Waals surface area contributed by atoms with E-state index in [1.54, 1.807) is 0 Å². The van der Waals surface area contributed by atoms with E-state index in [-0.39, 0.29) is 5.78 Å². The molecule has 1 fully saturated rings. The van der Waals surface area contributed by atoms with Crippen molar-refractivity contribution in [2.45, 2.75) is 45.1 Å².